The first-order chi connectivity index (χ1) is 10.6. The van der Waals surface area contributed by atoms with Crippen LogP contribution in [0.3, 0.4) is 0 Å². The van der Waals surface area contributed by atoms with Gasteiger partial charge < -0.3 is 10.2 Å². The molecule has 0 aliphatic heterocycles. The molecule has 0 atom stereocenters. The zero-order valence-electron chi connectivity index (χ0n) is 12.5. The Morgan fingerprint density at radius 3 is 2.86 bits per heavy atom. The van der Waals surface area contributed by atoms with Crippen molar-refractivity contribution in [3.05, 3.63) is 36.5 Å². The van der Waals surface area contributed by atoms with Gasteiger partial charge in [-0.1, -0.05) is 18.2 Å². The van der Waals surface area contributed by atoms with Crippen molar-refractivity contribution in [3.8, 4) is 0 Å². The summed E-state index contributed by atoms with van der Waals surface area (Å²) in [4.78, 5) is 29.1. The third-order valence-corrected chi connectivity index (χ3v) is 3.60. The van der Waals surface area contributed by atoms with E-state index >= 15 is 0 Å². The van der Waals surface area contributed by atoms with Gasteiger partial charge >= 0.3 is 0 Å². The lowest BCUT2D eigenvalue weighted by Crippen LogP contribution is -2.29. The molecule has 0 fully saturated rings. The average molecular weight is 317 g/mol. The fraction of sp³-hybridized carbons (Fsp3) is 0.312. The number of rotatable bonds is 6. The molecule has 1 aromatic heterocycles. The van der Waals surface area contributed by atoms with Crippen LogP contribution in [0.5, 0.6) is 0 Å². The van der Waals surface area contributed by atoms with Crippen LogP contribution in [0.25, 0.3) is 10.9 Å². The molecule has 0 aliphatic rings. The summed E-state index contributed by atoms with van der Waals surface area (Å²) in [6.07, 6.45) is 2.62. The number of pyridine rings is 1. The molecule has 2 aromatic rings. The molecule has 22 heavy (non-hydrogen) atoms. The first-order valence-electron chi connectivity index (χ1n) is 7.09. The highest BCUT2D eigenvalue weighted by atomic mass is 32.1. The Bertz CT molecular complexity index is 675. The second-order valence-electron chi connectivity index (χ2n) is 5.04. The number of fused-ring (bicyclic) bond motifs is 1. The molecule has 0 spiro atoms. The highest BCUT2D eigenvalue weighted by Gasteiger charge is 2.08. The van der Waals surface area contributed by atoms with Crippen LogP contribution >= 0.6 is 12.6 Å². The Kier molecular flexibility index (Phi) is 5.77. The lowest BCUT2D eigenvalue weighted by molar-refractivity contribution is -0.127. The number of para-hydroxylation sites is 1. The Hall–Kier alpha value is -2.08. The highest BCUT2D eigenvalue weighted by molar-refractivity contribution is 7.81. The van der Waals surface area contributed by atoms with Gasteiger partial charge in [0.05, 0.1) is 23.2 Å². The topological polar surface area (TPSA) is 62.3 Å². The number of carbonyl (C=O) groups excluding carboxylic acids is 2. The first-order valence-corrected chi connectivity index (χ1v) is 7.73. The first kappa shape index (κ1) is 16.3. The summed E-state index contributed by atoms with van der Waals surface area (Å²) in [6, 6.07) is 9.64. The van der Waals surface area contributed by atoms with Crippen molar-refractivity contribution in [1.82, 2.24) is 9.88 Å². The predicted molar refractivity (Wildman–Crippen MR) is 91.1 cm³/mol. The van der Waals surface area contributed by atoms with Crippen LogP contribution < -0.4 is 5.32 Å². The minimum absolute atomic E-state index is 0.0394. The maximum Gasteiger partial charge on any atom is 0.232 e. The van der Waals surface area contributed by atoms with Gasteiger partial charge in [0.2, 0.25) is 11.8 Å². The number of nitrogens with one attached hydrogen (secondary N) is 1. The summed E-state index contributed by atoms with van der Waals surface area (Å²) in [5, 5.41) is 3.82. The molecule has 0 unspecified atom stereocenters. The van der Waals surface area contributed by atoms with Gasteiger partial charge in [-0.15, -0.1) is 0 Å². The Balaban J connectivity index is 1.84. The molecule has 6 heteroatoms. The van der Waals surface area contributed by atoms with Crippen molar-refractivity contribution < 1.29 is 9.59 Å². The molecule has 0 aliphatic carbocycles. The normalized spacial score (nSPS) is 10.5. The van der Waals surface area contributed by atoms with Crippen molar-refractivity contribution in [2.24, 2.45) is 0 Å². The summed E-state index contributed by atoms with van der Waals surface area (Å²) in [5.41, 5.74) is 1.58. The van der Waals surface area contributed by atoms with Crippen molar-refractivity contribution in [3.63, 3.8) is 0 Å². The van der Waals surface area contributed by atoms with E-state index in [1.807, 2.05) is 30.3 Å². The number of benzene rings is 1. The number of thiol groups is 1. The van der Waals surface area contributed by atoms with Crippen molar-refractivity contribution in [1.29, 1.82) is 0 Å². The number of carbonyl (C=O) groups is 2. The number of amides is 2. The van der Waals surface area contributed by atoms with Gasteiger partial charge in [-0.05, 0) is 18.6 Å². The van der Waals surface area contributed by atoms with Gasteiger partial charge in [0, 0.05) is 25.4 Å². The van der Waals surface area contributed by atoms with E-state index in [0.717, 1.165) is 10.9 Å². The molecule has 2 amide bonds. The molecule has 0 saturated heterocycles. The maximum atomic E-state index is 11.9. The van der Waals surface area contributed by atoms with E-state index in [9.17, 15) is 9.59 Å². The number of nitrogens with zero attached hydrogens (tertiary/aromatic N) is 2. The van der Waals surface area contributed by atoms with E-state index in [-0.39, 0.29) is 17.6 Å². The van der Waals surface area contributed by atoms with Crippen molar-refractivity contribution >= 4 is 41.0 Å². The Morgan fingerprint density at radius 1 is 1.32 bits per heavy atom. The van der Waals surface area contributed by atoms with E-state index in [4.69, 9.17) is 0 Å². The lowest BCUT2D eigenvalue weighted by Gasteiger charge is -2.15. The van der Waals surface area contributed by atoms with E-state index in [1.54, 1.807) is 18.1 Å². The number of hydrogen-bond donors (Lipinski definition) is 2. The van der Waals surface area contributed by atoms with E-state index in [2.05, 4.69) is 22.9 Å². The minimum atomic E-state index is -0.0798. The largest absolute Gasteiger partial charge is 0.345 e. The molecule has 5 nitrogen and oxygen atoms in total. The highest BCUT2D eigenvalue weighted by Crippen LogP contribution is 2.16. The van der Waals surface area contributed by atoms with Gasteiger partial charge in [-0.3, -0.25) is 14.6 Å². The standard InChI is InChI=1S/C16H19N3O2S/c1-19(16(21)11-22)8-4-7-15(20)18-13-9-12-5-2-3-6-14(12)17-10-13/h2-3,5-6,9-10,22H,4,7-8,11H2,1H3,(H,18,20). The van der Waals surface area contributed by atoms with Gasteiger partial charge in [0.15, 0.2) is 0 Å². The second-order valence-corrected chi connectivity index (χ2v) is 5.36. The molecule has 1 N–H and O–H groups in total. The fourth-order valence-corrected chi connectivity index (χ4v) is 2.33. The van der Waals surface area contributed by atoms with Crippen LogP contribution in [-0.4, -0.2) is 41.0 Å². The van der Waals surface area contributed by atoms with Crippen LogP contribution in [0, 0.1) is 0 Å². The molecule has 1 heterocycles. The SMILES string of the molecule is CN(CCCC(=O)Nc1cnc2ccccc2c1)C(=O)CS. The maximum absolute atomic E-state index is 11.9. The van der Waals surface area contributed by atoms with E-state index in [0.29, 0.717) is 25.1 Å². The number of hydrogen-bond acceptors (Lipinski definition) is 4. The monoisotopic (exact) mass is 317 g/mol. The third kappa shape index (κ3) is 4.46. The molecular formula is C16H19N3O2S. The van der Waals surface area contributed by atoms with E-state index in [1.165, 1.54) is 0 Å². The summed E-state index contributed by atoms with van der Waals surface area (Å²) in [7, 11) is 1.71. The molecule has 1 aromatic carbocycles. The van der Waals surface area contributed by atoms with Crippen LogP contribution in [0.4, 0.5) is 5.69 Å². The Labute approximate surface area is 135 Å². The number of aromatic nitrogens is 1. The van der Waals surface area contributed by atoms with Gasteiger partial charge in [0.1, 0.15) is 0 Å². The van der Waals surface area contributed by atoms with Gasteiger partial charge in [-0.2, -0.15) is 12.6 Å². The van der Waals surface area contributed by atoms with Crippen LogP contribution in [-0.2, 0) is 9.59 Å². The summed E-state index contributed by atoms with van der Waals surface area (Å²) >= 11 is 3.94. The summed E-state index contributed by atoms with van der Waals surface area (Å²) in [6.45, 7) is 0.544. The van der Waals surface area contributed by atoms with Crippen LogP contribution in [0.1, 0.15) is 12.8 Å². The zero-order chi connectivity index (χ0) is 15.9. The second kappa shape index (κ2) is 7.79. The molecule has 0 bridgehead atoms. The van der Waals surface area contributed by atoms with Gasteiger partial charge in [-0.25, -0.2) is 0 Å². The summed E-state index contributed by atoms with van der Waals surface area (Å²) < 4.78 is 0. The van der Waals surface area contributed by atoms with Crippen LogP contribution in [0.2, 0.25) is 0 Å². The van der Waals surface area contributed by atoms with Crippen LogP contribution in [0.15, 0.2) is 36.5 Å². The quantitative estimate of drug-likeness (QED) is 0.804. The van der Waals surface area contributed by atoms with Crippen molar-refractivity contribution in [2.45, 2.75) is 12.8 Å². The smallest absolute Gasteiger partial charge is 0.232 e. The lowest BCUT2D eigenvalue weighted by atomic mass is 10.2. The summed E-state index contributed by atoms with van der Waals surface area (Å²) in [5.74, 6) is 0.0668. The molecule has 2 rings (SSSR count). The number of anilines is 1. The predicted octanol–water partition coefficient (Wildman–Crippen LogP) is 2.34. The third-order valence-electron chi connectivity index (χ3n) is 3.33. The molecule has 0 radical (unpaired) electrons. The van der Waals surface area contributed by atoms with Crippen molar-refractivity contribution in [2.75, 3.05) is 24.7 Å². The van der Waals surface area contributed by atoms with E-state index < -0.39 is 0 Å². The van der Waals surface area contributed by atoms with Gasteiger partial charge in [0.25, 0.3) is 0 Å². The minimum Gasteiger partial charge on any atom is -0.345 e. The Morgan fingerprint density at radius 2 is 2.09 bits per heavy atom. The average Bonchev–Trinajstić information content (AvgIpc) is 2.53. The zero-order valence-corrected chi connectivity index (χ0v) is 13.3. The molecule has 116 valence electrons. The molecular weight excluding hydrogens is 298 g/mol. The fourth-order valence-electron chi connectivity index (χ4n) is 2.09. The molecule has 0 saturated carbocycles.